The zero-order valence-corrected chi connectivity index (χ0v) is 56.7. The molecule has 0 aromatic heterocycles. The SMILES string of the molecule is CCCCCCCCCCCCCCCCCCCCCCCCCCCCCCCCCCCCCC(=O)NC(COP(=O)(O)OCC[N+](C)(C)C)C(O)CCCCCCCCCCCCCCCCCCCCCCCCCC. The van der Waals surface area contributed by atoms with Crippen LogP contribution in [-0.2, 0) is 18.4 Å². The number of phosphoric ester groups is 1. The van der Waals surface area contributed by atoms with Crippen LogP contribution in [-0.4, -0.2) is 73.4 Å². The Bertz CT molecular complexity index is 1280. The van der Waals surface area contributed by atoms with Crippen LogP contribution in [0.4, 0.5) is 0 Å². The predicted molar refractivity (Wildman–Crippen MR) is 356 cm³/mol. The van der Waals surface area contributed by atoms with E-state index in [-0.39, 0.29) is 19.1 Å². The molecule has 3 unspecified atom stereocenters. The topological polar surface area (TPSA) is 105 Å². The van der Waals surface area contributed by atoms with E-state index in [1.165, 1.54) is 340 Å². The quantitative estimate of drug-likeness (QED) is 0.0318. The van der Waals surface area contributed by atoms with Gasteiger partial charge in [-0.3, -0.25) is 13.8 Å². The Morgan fingerprint density at radius 2 is 0.593 bits per heavy atom. The summed E-state index contributed by atoms with van der Waals surface area (Å²) in [5, 5.41) is 14.2. The third-order valence-electron chi connectivity index (χ3n) is 17.6. The molecule has 0 saturated heterocycles. The molecule has 0 spiro atoms. The van der Waals surface area contributed by atoms with E-state index in [4.69, 9.17) is 9.05 Å². The average molecular weight is 1170 g/mol. The van der Waals surface area contributed by atoms with Crippen molar-refractivity contribution >= 4 is 13.7 Å². The highest BCUT2D eigenvalue weighted by Gasteiger charge is 2.28. The van der Waals surface area contributed by atoms with Crippen LogP contribution in [0.2, 0.25) is 0 Å². The molecule has 0 aliphatic rings. The molecule has 0 aliphatic carbocycles. The molecule has 1 amide bonds. The monoisotopic (exact) mass is 1170 g/mol. The molecule has 0 aromatic rings. The number of aliphatic hydroxyl groups is 1. The summed E-state index contributed by atoms with van der Waals surface area (Å²) in [6.45, 7) is 4.97. The van der Waals surface area contributed by atoms with Crippen molar-refractivity contribution in [2.75, 3.05) is 40.9 Å². The van der Waals surface area contributed by atoms with Gasteiger partial charge in [-0.2, -0.15) is 0 Å². The van der Waals surface area contributed by atoms with E-state index in [1.807, 2.05) is 21.1 Å². The van der Waals surface area contributed by atoms with Gasteiger partial charge in [0.2, 0.25) is 5.91 Å². The summed E-state index contributed by atoms with van der Waals surface area (Å²) in [6, 6.07) is -0.757. The maximum absolute atomic E-state index is 13.1. The van der Waals surface area contributed by atoms with Crippen LogP contribution in [0.5, 0.6) is 0 Å². The van der Waals surface area contributed by atoms with Gasteiger partial charge in [0.25, 0.3) is 0 Å². The van der Waals surface area contributed by atoms with Crippen molar-refractivity contribution in [2.24, 2.45) is 0 Å². The Labute approximate surface area is 508 Å². The average Bonchev–Trinajstić information content (AvgIpc) is 3.43. The van der Waals surface area contributed by atoms with Crippen molar-refractivity contribution in [3.63, 3.8) is 0 Å². The molecule has 0 aliphatic heterocycles. The van der Waals surface area contributed by atoms with Gasteiger partial charge in [-0.05, 0) is 12.8 Å². The highest BCUT2D eigenvalue weighted by atomic mass is 31.2. The summed E-state index contributed by atoms with van der Waals surface area (Å²) >= 11 is 0. The van der Waals surface area contributed by atoms with Crippen LogP contribution >= 0.6 is 7.82 Å². The molecular formula is C72H148N2O6P+. The zero-order chi connectivity index (χ0) is 59.1. The number of likely N-dealkylation sites (N-methyl/N-ethyl adjacent to an activating group) is 1. The van der Waals surface area contributed by atoms with E-state index in [0.717, 1.165) is 38.5 Å². The Morgan fingerprint density at radius 3 is 0.827 bits per heavy atom. The maximum atomic E-state index is 13.1. The Morgan fingerprint density at radius 1 is 0.370 bits per heavy atom. The van der Waals surface area contributed by atoms with Crippen LogP contribution in [0.15, 0.2) is 0 Å². The van der Waals surface area contributed by atoms with Crippen molar-refractivity contribution in [3.8, 4) is 0 Å². The third-order valence-corrected chi connectivity index (χ3v) is 18.6. The number of rotatable bonds is 70. The minimum absolute atomic E-state index is 0.0795. The molecule has 3 atom stereocenters. The number of carbonyl (C=O) groups excluding carboxylic acids is 1. The Kier molecular flexibility index (Phi) is 63.6. The fourth-order valence-electron chi connectivity index (χ4n) is 11.9. The summed E-state index contributed by atoms with van der Waals surface area (Å²) in [5.41, 5.74) is 0. The van der Waals surface area contributed by atoms with Crippen LogP contribution < -0.4 is 5.32 Å². The lowest BCUT2D eigenvalue weighted by Crippen LogP contribution is -2.46. The van der Waals surface area contributed by atoms with Gasteiger partial charge in [0.15, 0.2) is 0 Å². The minimum Gasteiger partial charge on any atom is -0.391 e. The Balaban J connectivity index is 3.92. The normalized spacial score (nSPS) is 13.5. The number of nitrogens with one attached hydrogen (secondary N) is 1. The molecule has 9 heteroatoms. The highest BCUT2D eigenvalue weighted by Crippen LogP contribution is 2.43. The van der Waals surface area contributed by atoms with Crippen molar-refractivity contribution in [3.05, 3.63) is 0 Å². The molecule has 81 heavy (non-hydrogen) atoms. The third kappa shape index (κ3) is 66.9. The summed E-state index contributed by atoms with van der Waals surface area (Å²) in [6.07, 6.45) is 80.9. The van der Waals surface area contributed by atoms with Crippen molar-refractivity contribution in [2.45, 2.75) is 418 Å². The van der Waals surface area contributed by atoms with Gasteiger partial charge in [-0.15, -0.1) is 0 Å². The van der Waals surface area contributed by atoms with E-state index in [1.54, 1.807) is 0 Å². The summed E-state index contributed by atoms with van der Waals surface area (Å²) in [4.78, 5) is 23.5. The molecule has 0 heterocycles. The number of phosphoric acid groups is 1. The van der Waals surface area contributed by atoms with E-state index < -0.39 is 20.0 Å². The van der Waals surface area contributed by atoms with Crippen LogP contribution in [0.3, 0.4) is 0 Å². The van der Waals surface area contributed by atoms with Gasteiger partial charge >= 0.3 is 7.82 Å². The molecule has 0 rings (SSSR count). The number of quaternary nitrogens is 1. The van der Waals surface area contributed by atoms with Gasteiger partial charge < -0.3 is 19.8 Å². The standard InChI is InChI=1S/C72H147N2O6P/c1-6-8-10-12-14-16-18-20-22-24-26-28-30-32-33-34-35-36-37-38-39-40-41-42-44-46-48-50-52-54-56-58-60-62-64-66-72(76)73-70(69-80-81(77,78)79-68-67-74(3,4)5)71(75)65-63-61-59-57-55-53-51-49-47-45-43-31-29-27-25-23-21-19-17-15-13-11-9-7-2/h70-71,75H,6-69H2,1-5H3,(H-,73,76,77,78)/p+1. The van der Waals surface area contributed by atoms with E-state index >= 15 is 0 Å². The lowest BCUT2D eigenvalue weighted by molar-refractivity contribution is -0.870. The first-order valence-corrected chi connectivity index (χ1v) is 38.4. The molecule has 486 valence electrons. The van der Waals surface area contributed by atoms with Crippen LogP contribution in [0.1, 0.15) is 406 Å². The van der Waals surface area contributed by atoms with E-state index in [0.29, 0.717) is 23.9 Å². The Hall–Kier alpha value is -0.500. The highest BCUT2D eigenvalue weighted by molar-refractivity contribution is 7.47. The van der Waals surface area contributed by atoms with Gasteiger partial charge in [-0.1, -0.05) is 386 Å². The number of aliphatic hydroxyl groups excluding tert-OH is 1. The first kappa shape index (κ1) is 80.5. The second-order valence-corrected chi connectivity index (χ2v) is 28.5. The molecule has 0 radical (unpaired) electrons. The first-order valence-electron chi connectivity index (χ1n) is 36.9. The molecule has 0 saturated carbocycles. The predicted octanol–water partition coefficient (Wildman–Crippen LogP) is 23.5. The number of hydrogen-bond acceptors (Lipinski definition) is 5. The summed E-state index contributed by atoms with van der Waals surface area (Å²) in [7, 11) is 1.64. The number of amides is 1. The molecule has 0 fully saturated rings. The number of unbranched alkanes of at least 4 members (excludes halogenated alkanes) is 57. The van der Waals surface area contributed by atoms with E-state index in [9.17, 15) is 19.4 Å². The minimum atomic E-state index is -4.33. The molecular weight excluding hydrogens is 1020 g/mol. The largest absolute Gasteiger partial charge is 0.472 e. The molecule has 8 nitrogen and oxygen atoms in total. The number of nitrogens with zero attached hydrogens (tertiary/aromatic N) is 1. The van der Waals surface area contributed by atoms with Crippen molar-refractivity contribution in [1.82, 2.24) is 5.32 Å². The fourth-order valence-corrected chi connectivity index (χ4v) is 12.6. The van der Waals surface area contributed by atoms with Gasteiger partial charge in [0.05, 0.1) is 39.9 Å². The fraction of sp³-hybridized carbons (Fsp3) is 0.986. The van der Waals surface area contributed by atoms with Crippen LogP contribution in [0, 0.1) is 0 Å². The van der Waals surface area contributed by atoms with Gasteiger partial charge in [-0.25, -0.2) is 4.57 Å². The molecule has 0 bridgehead atoms. The van der Waals surface area contributed by atoms with Crippen LogP contribution in [0.25, 0.3) is 0 Å². The smallest absolute Gasteiger partial charge is 0.391 e. The summed E-state index contributed by atoms with van der Waals surface area (Å²) in [5.74, 6) is -0.132. The van der Waals surface area contributed by atoms with Gasteiger partial charge in [0.1, 0.15) is 13.2 Å². The first-order chi connectivity index (χ1) is 39.5. The maximum Gasteiger partial charge on any atom is 0.472 e. The second kappa shape index (κ2) is 64.0. The van der Waals surface area contributed by atoms with Crippen molar-refractivity contribution in [1.29, 1.82) is 0 Å². The zero-order valence-electron chi connectivity index (χ0n) is 55.8. The van der Waals surface area contributed by atoms with E-state index in [2.05, 4.69) is 19.2 Å². The molecule has 0 aromatic carbocycles. The second-order valence-electron chi connectivity index (χ2n) is 27.0. The van der Waals surface area contributed by atoms with Gasteiger partial charge in [0, 0.05) is 6.42 Å². The summed E-state index contributed by atoms with van der Waals surface area (Å²) < 4.78 is 23.9. The lowest BCUT2D eigenvalue weighted by Gasteiger charge is -2.26. The lowest BCUT2D eigenvalue weighted by atomic mass is 10.0. The van der Waals surface area contributed by atoms with Crippen molar-refractivity contribution < 1.29 is 32.9 Å². The number of hydrogen-bond donors (Lipinski definition) is 3. The molecule has 3 N–H and O–H groups in total. The number of carbonyl (C=O) groups is 1.